The quantitative estimate of drug-likeness (QED) is 0.415. The summed E-state index contributed by atoms with van der Waals surface area (Å²) in [5.41, 5.74) is -0.305. The minimum absolute atomic E-state index is 0.00486. The standard InChI is InChI=1S/C22H26ClN3O6/c1-3-31-21-14-16(18(26(28)29)15-20(21)30-2)22(27)25-10-8-24(9-11-25)12-13-32-19-7-5-4-6-17(19)23/h4-7,14-15H,3,8-13H2,1-2H3. The van der Waals surface area contributed by atoms with Gasteiger partial charge in [0.1, 0.15) is 17.9 Å². The van der Waals surface area contributed by atoms with Crippen molar-refractivity contribution in [1.82, 2.24) is 9.80 Å². The summed E-state index contributed by atoms with van der Waals surface area (Å²) in [7, 11) is 1.40. The molecule has 0 radical (unpaired) electrons. The fourth-order valence-electron chi connectivity index (χ4n) is 3.49. The minimum Gasteiger partial charge on any atom is -0.493 e. The highest BCUT2D eigenvalue weighted by molar-refractivity contribution is 6.32. The van der Waals surface area contributed by atoms with Crippen molar-refractivity contribution < 1.29 is 23.9 Å². The number of hydrogen-bond acceptors (Lipinski definition) is 7. The Morgan fingerprint density at radius 2 is 1.81 bits per heavy atom. The first-order chi connectivity index (χ1) is 15.4. The number of hydrogen-bond donors (Lipinski definition) is 0. The number of carbonyl (C=O) groups excluding carboxylic acids is 1. The fourth-order valence-corrected chi connectivity index (χ4v) is 3.68. The molecule has 3 rings (SSSR count). The molecule has 172 valence electrons. The molecule has 1 amide bonds. The molecule has 32 heavy (non-hydrogen) atoms. The lowest BCUT2D eigenvalue weighted by molar-refractivity contribution is -0.385. The predicted octanol–water partition coefficient (Wildman–Crippen LogP) is 3.49. The molecule has 2 aromatic rings. The van der Waals surface area contributed by atoms with Crippen LogP contribution < -0.4 is 14.2 Å². The normalized spacial score (nSPS) is 14.2. The molecule has 1 fully saturated rings. The molecule has 0 bridgehead atoms. The molecule has 10 heteroatoms. The molecule has 0 N–H and O–H groups in total. The van der Waals surface area contributed by atoms with E-state index < -0.39 is 10.8 Å². The Kier molecular flexibility index (Phi) is 8.13. The zero-order chi connectivity index (χ0) is 23.1. The highest BCUT2D eigenvalue weighted by Gasteiger charge is 2.30. The summed E-state index contributed by atoms with van der Waals surface area (Å²) in [6.07, 6.45) is 0. The summed E-state index contributed by atoms with van der Waals surface area (Å²) in [6, 6.07) is 9.93. The van der Waals surface area contributed by atoms with Gasteiger partial charge in [0.25, 0.3) is 11.6 Å². The summed E-state index contributed by atoms with van der Waals surface area (Å²) in [6.45, 7) is 5.48. The van der Waals surface area contributed by atoms with Crippen molar-refractivity contribution in [2.24, 2.45) is 0 Å². The maximum absolute atomic E-state index is 13.1. The van der Waals surface area contributed by atoms with Crippen molar-refractivity contribution >= 4 is 23.2 Å². The number of ether oxygens (including phenoxy) is 3. The van der Waals surface area contributed by atoms with Gasteiger partial charge in [-0.05, 0) is 19.1 Å². The van der Waals surface area contributed by atoms with Crippen molar-refractivity contribution in [1.29, 1.82) is 0 Å². The molecule has 1 aliphatic heterocycles. The number of methoxy groups -OCH3 is 1. The second-order valence-corrected chi connectivity index (χ2v) is 7.53. The first kappa shape index (κ1) is 23.6. The van der Waals surface area contributed by atoms with Gasteiger partial charge < -0.3 is 19.1 Å². The number of nitro benzene ring substituents is 1. The third-order valence-corrected chi connectivity index (χ3v) is 5.48. The van der Waals surface area contributed by atoms with Crippen LogP contribution in [0.15, 0.2) is 36.4 Å². The largest absolute Gasteiger partial charge is 0.493 e. The summed E-state index contributed by atoms with van der Waals surface area (Å²) in [5, 5.41) is 12.1. The number of amides is 1. The topological polar surface area (TPSA) is 94.4 Å². The number of benzene rings is 2. The molecule has 0 spiro atoms. The zero-order valence-electron chi connectivity index (χ0n) is 18.1. The molecule has 0 aliphatic carbocycles. The minimum atomic E-state index is -0.576. The average Bonchev–Trinajstić information content (AvgIpc) is 2.80. The Morgan fingerprint density at radius 3 is 2.44 bits per heavy atom. The van der Waals surface area contributed by atoms with Gasteiger partial charge in [0.2, 0.25) is 0 Å². The van der Waals surface area contributed by atoms with Crippen molar-refractivity contribution in [3.63, 3.8) is 0 Å². The van der Waals surface area contributed by atoms with Gasteiger partial charge in [-0.3, -0.25) is 19.8 Å². The van der Waals surface area contributed by atoms with E-state index in [2.05, 4.69) is 4.90 Å². The number of nitrogens with zero attached hydrogens (tertiary/aromatic N) is 3. The van der Waals surface area contributed by atoms with E-state index in [1.807, 2.05) is 18.2 Å². The Balaban J connectivity index is 1.61. The number of rotatable bonds is 9. The van der Waals surface area contributed by atoms with E-state index in [9.17, 15) is 14.9 Å². The lowest BCUT2D eigenvalue weighted by Gasteiger charge is -2.34. The number of halogens is 1. The van der Waals surface area contributed by atoms with E-state index in [1.54, 1.807) is 17.9 Å². The van der Waals surface area contributed by atoms with Crippen molar-refractivity contribution in [3.8, 4) is 17.2 Å². The van der Waals surface area contributed by atoms with Crippen LogP contribution in [0.3, 0.4) is 0 Å². The van der Waals surface area contributed by atoms with Crippen LogP contribution in [0, 0.1) is 10.1 Å². The van der Waals surface area contributed by atoms with Crippen LogP contribution in [-0.4, -0.2) is 73.7 Å². The van der Waals surface area contributed by atoms with Gasteiger partial charge in [0.05, 0.1) is 29.7 Å². The molecular formula is C22H26ClN3O6. The van der Waals surface area contributed by atoms with Gasteiger partial charge in [0, 0.05) is 38.8 Å². The second kappa shape index (κ2) is 11.0. The molecule has 0 atom stereocenters. The molecule has 2 aromatic carbocycles. The predicted molar refractivity (Wildman–Crippen MR) is 120 cm³/mol. The van der Waals surface area contributed by atoms with Crippen LogP contribution in [0.4, 0.5) is 5.69 Å². The first-order valence-corrected chi connectivity index (χ1v) is 10.7. The van der Waals surface area contributed by atoms with Gasteiger partial charge in [-0.25, -0.2) is 0 Å². The second-order valence-electron chi connectivity index (χ2n) is 7.12. The maximum Gasteiger partial charge on any atom is 0.286 e. The highest BCUT2D eigenvalue weighted by Crippen LogP contribution is 2.35. The van der Waals surface area contributed by atoms with Gasteiger partial charge in [-0.2, -0.15) is 0 Å². The summed E-state index contributed by atoms with van der Waals surface area (Å²) >= 11 is 6.10. The summed E-state index contributed by atoms with van der Waals surface area (Å²) < 4.78 is 16.4. The lowest BCUT2D eigenvalue weighted by atomic mass is 10.1. The molecular weight excluding hydrogens is 438 g/mol. The Hall–Kier alpha value is -3.04. The van der Waals surface area contributed by atoms with E-state index in [0.29, 0.717) is 62.5 Å². The number of piperazine rings is 1. The van der Waals surface area contributed by atoms with E-state index in [0.717, 1.165) is 0 Å². The van der Waals surface area contributed by atoms with Crippen LogP contribution in [0.5, 0.6) is 17.2 Å². The number of para-hydroxylation sites is 1. The van der Waals surface area contributed by atoms with E-state index in [-0.39, 0.29) is 17.0 Å². The Morgan fingerprint density at radius 1 is 1.09 bits per heavy atom. The molecule has 0 saturated carbocycles. The van der Waals surface area contributed by atoms with Crippen molar-refractivity contribution in [2.75, 3.05) is 53.0 Å². The molecule has 1 heterocycles. The van der Waals surface area contributed by atoms with E-state index in [1.165, 1.54) is 19.2 Å². The lowest BCUT2D eigenvalue weighted by Crippen LogP contribution is -2.49. The van der Waals surface area contributed by atoms with Gasteiger partial charge in [-0.15, -0.1) is 0 Å². The van der Waals surface area contributed by atoms with Crippen molar-refractivity contribution in [2.45, 2.75) is 6.92 Å². The van der Waals surface area contributed by atoms with Crippen LogP contribution in [-0.2, 0) is 0 Å². The molecule has 0 aromatic heterocycles. The Bertz CT molecular complexity index is 963. The van der Waals surface area contributed by atoms with Gasteiger partial charge >= 0.3 is 0 Å². The SMILES string of the molecule is CCOc1cc(C(=O)N2CCN(CCOc3ccccc3Cl)CC2)c([N+](=O)[O-])cc1OC. The van der Waals surface area contributed by atoms with Crippen LogP contribution in [0.2, 0.25) is 5.02 Å². The van der Waals surface area contributed by atoms with Gasteiger partial charge in [-0.1, -0.05) is 23.7 Å². The van der Waals surface area contributed by atoms with Gasteiger partial charge in [0.15, 0.2) is 11.5 Å². The maximum atomic E-state index is 13.1. The Labute approximate surface area is 191 Å². The summed E-state index contributed by atoms with van der Waals surface area (Å²) in [4.78, 5) is 27.9. The number of nitro groups is 1. The monoisotopic (exact) mass is 463 g/mol. The first-order valence-electron chi connectivity index (χ1n) is 10.3. The highest BCUT2D eigenvalue weighted by atomic mass is 35.5. The molecule has 0 unspecified atom stereocenters. The van der Waals surface area contributed by atoms with Crippen molar-refractivity contribution in [3.05, 3.63) is 57.1 Å². The molecule has 1 saturated heterocycles. The molecule has 1 aliphatic rings. The average molecular weight is 464 g/mol. The van der Waals surface area contributed by atoms with E-state index >= 15 is 0 Å². The zero-order valence-corrected chi connectivity index (χ0v) is 18.8. The smallest absolute Gasteiger partial charge is 0.286 e. The van der Waals surface area contributed by atoms with Crippen LogP contribution >= 0.6 is 11.6 Å². The fraction of sp³-hybridized carbons (Fsp3) is 0.409. The summed E-state index contributed by atoms with van der Waals surface area (Å²) in [5.74, 6) is 0.768. The van der Waals surface area contributed by atoms with Crippen LogP contribution in [0.25, 0.3) is 0 Å². The van der Waals surface area contributed by atoms with E-state index in [4.69, 9.17) is 25.8 Å². The number of carbonyl (C=O) groups is 1. The third-order valence-electron chi connectivity index (χ3n) is 5.17. The molecule has 9 nitrogen and oxygen atoms in total. The van der Waals surface area contributed by atoms with Crippen LogP contribution in [0.1, 0.15) is 17.3 Å². The third kappa shape index (κ3) is 5.60.